The number of hydrogen-bond donors (Lipinski definition) is 0. The van der Waals surface area contributed by atoms with Gasteiger partial charge in [-0.15, -0.1) is 11.3 Å². The van der Waals surface area contributed by atoms with Gasteiger partial charge in [0.25, 0.3) is 0 Å². The van der Waals surface area contributed by atoms with Crippen molar-refractivity contribution in [2.75, 3.05) is 0 Å². The molecule has 2 nitrogen and oxygen atoms in total. The molecule has 0 aliphatic heterocycles. The quantitative estimate of drug-likeness (QED) is 0.772. The Kier molecular flexibility index (Phi) is 3.69. The first-order chi connectivity index (χ1) is 8.19. The summed E-state index contributed by atoms with van der Waals surface area (Å²) in [5.41, 5.74) is 2.05. The summed E-state index contributed by atoms with van der Waals surface area (Å²) in [5, 5.41) is 0. The van der Waals surface area contributed by atoms with E-state index in [0.717, 1.165) is 17.0 Å². The first kappa shape index (κ1) is 12.0. The molecule has 0 bridgehead atoms. The lowest BCUT2D eigenvalue weighted by Crippen LogP contribution is -2.03. The van der Waals surface area contributed by atoms with Crippen LogP contribution in [0.15, 0.2) is 30.5 Å². The van der Waals surface area contributed by atoms with E-state index >= 15 is 0 Å². The van der Waals surface area contributed by atoms with Crippen LogP contribution in [0.4, 0.5) is 0 Å². The minimum absolute atomic E-state index is 0.153. The largest absolute Gasteiger partial charge is 0.293 e. The molecular weight excluding hydrogens is 230 g/mol. The first-order valence-corrected chi connectivity index (χ1v) is 6.54. The summed E-state index contributed by atoms with van der Waals surface area (Å²) in [7, 11) is 0. The molecule has 0 aliphatic carbocycles. The maximum absolute atomic E-state index is 12.0. The highest BCUT2D eigenvalue weighted by atomic mass is 32.1. The number of carbonyl (C=O) groups is 1. The van der Waals surface area contributed by atoms with E-state index in [0.29, 0.717) is 6.42 Å². The van der Waals surface area contributed by atoms with Crippen molar-refractivity contribution >= 4 is 17.1 Å². The summed E-state index contributed by atoms with van der Waals surface area (Å²) >= 11 is 1.55. The molecule has 0 saturated heterocycles. The predicted molar refractivity (Wildman–Crippen MR) is 70.7 cm³/mol. The van der Waals surface area contributed by atoms with Crippen LogP contribution in [0.3, 0.4) is 0 Å². The van der Waals surface area contributed by atoms with Gasteiger partial charge in [0.15, 0.2) is 5.78 Å². The van der Waals surface area contributed by atoms with Gasteiger partial charge in [-0.3, -0.25) is 9.78 Å². The Morgan fingerprint density at radius 2 is 2.12 bits per heavy atom. The monoisotopic (exact) mass is 245 g/mol. The summed E-state index contributed by atoms with van der Waals surface area (Å²) in [6.07, 6.45) is 3.22. The molecule has 0 N–H and O–H groups in total. The molecular formula is C14H15NOS. The minimum Gasteiger partial charge on any atom is -0.293 e. The number of aromatic nitrogens is 1. The first-order valence-electron chi connectivity index (χ1n) is 5.72. The topological polar surface area (TPSA) is 30.0 Å². The average molecular weight is 245 g/mol. The van der Waals surface area contributed by atoms with Crippen molar-refractivity contribution in [3.8, 4) is 0 Å². The van der Waals surface area contributed by atoms with Crippen LogP contribution in [0.1, 0.15) is 32.7 Å². The third-order valence-electron chi connectivity index (χ3n) is 2.65. The highest BCUT2D eigenvalue weighted by Gasteiger charge is 2.09. The Morgan fingerprint density at radius 3 is 2.65 bits per heavy atom. The van der Waals surface area contributed by atoms with Gasteiger partial charge in [0, 0.05) is 16.8 Å². The van der Waals surface area contributed by atoms with Crippen LogP contribution in [0, 0.1) is 6.92 Å². The van der Waals surface area contributed by atoms with E-state index in [9.17, 15) is 4.79 Å². The fraction of sp³-hybridized carbons (Fsp3) is 0.286. The second-order valence-electron chi connectivity index (χ2n) is 4.02. The van der Waals surface area contributed by atoms with Gasteiger partial charge in [-0.1, -0.05) is 13.0 Å². The number of hydrogen-bond acceptors (Lipinski definition) is 3. The zero-order chi connectivity index (χ0) is 12.3. The lowest BCUT2D eigenvalue weighted by atomic mass is 10.1. The maximum Gasteiger partial charge on any atom is 0.178 e. The number of carbonyl (C=O) groups excluding carboxylic acids is 1. The number of pyridine rings is 1. The molecule has 0 radical (unpaired) electrons. The maximum atomic E-state index is 12.0. The van der Waals surface area contributed by atoms with Gasteiger partial charge in [-0.25, -0.2) is 0 Å². The number of aryl methyl sites for hydroxylation is 2. The van der Waals surface area contributed by atoms with Crippen molar-refractivity contribution in [1.29, 1.82) is 0 Å². The standard InChI is InChI=1S/C14H15NOS/c1-3-11-5-6-12(15-9-11)8-13(16)14-7-4-10(2)17-14/h4-7,9H,3,8H2,1-2H3. The van der Waals surface area contributed by atoms with E-state index in [2.05, 4.69) is 11.9 Å². The fourth-order valence-corrected chi connectivity index (χ4v) is 2.41. The van der Waals surface area contributed by atoms with Crippen molar-refractivity contribution in [2.45, 2.75) is 26.7 Å². The van der Waals surface area contributed by atoms with E-state index in [-0.39, 0.29) is 5.78 Å². The van der Waals surface area contributed by atoms with E-state index in [1.165, 1.54) is 10.4 Å². The molecule has 0 aromatic carbocycles. The smallest absolute Gasteiger partial charge is 0.178 e. The number of nitrogens with zero attached hydrogens (tertiary/aromatic N) is 1. The Bertz CT molecular complexity index is 513. The fourth-order valence-electron chi connectivity index (χ4n) is 1.60. The van der Waals surface area contributed by atoms with Crippen LogP contribution in [0.25, 0.3) is 0 Å². The summed E-state index contributed by atoms with van der Waals surface area (Å²) in [4.78, 5) is 18.3. The Balaban J connectivity index is 2.07. The molecule has 3 heteroatoms. The van der Waals surface area contributed by atoms with Crippen molar-refractivity contribution in [1.82, 2.24) is 4.98 Å². The van der Waals surface area contributed by atoms with Crippen LogP contribution in [-0.2, 0) is 12.8 Å². The molecule has 2 aromatic heterocycles. The van der Waals surface area contributed by atoms with E-state index in [1.54, 1.807) is 11.3 Å². The summed E-state index contributed by atoms with van der Waals surface area (Å²) in [5.74, 6) is 0.153. The third-order valence-corrected chi connectivity index (χ3v) is 3.69. The molecule has 88 valence electrons. The molecule has 0 saturated carbocycles. The van der Waals surface area contributed by atoms with E-state index in [4.69, 9.17) is 0 Å². The molecule has 0 aliphatic rings. The third kappa shape index (κ3) is 3.01. The Hall–Kier alpha value is -1.48. The van der Waals surface area contributed by atoms with E-state index in [1.807, 2.05) is 37.4 Å². The van der Waals surface area contributed by atoms with Crippen molar-refractivity contribution in [3.05, 3.63) is 51.5 Å². The number of thiophene rings is 1. The molecule has 0 spiro atoms. The highest BCUT2D eigenvalue weighted by Crippen LogP contribution is 2.17. The Labute approximate surface area is 105 Å². The van der Waals surface area contributed by atoms with Gasteiger partial charge in [0.2, 0.25) is 0 Å². The van der Waals surface area contributed by atoms with E-state index < -0.39 is 0 Å². The predicted octanol–water partition coefficient (Wildman–Crippen LogP) is 3.44. The molecule has 0 unspecified atom stereocenters. The van der Waals surface area contributed by atoms with Crippen LogP contribution in [0.2, 0.25) is 0 Å². The minimum atomic E-state index is 0.153. The highest BCUT2D eigenvalue weighted by molar-refractivity contribution is 7.14. The zero-order valence-electron chi connectivity index (χ0n) is 10.1. The summed E-state index contributed by atoms with van der Waals surface area (Å²) in [6, 6.07) is 7.85. The second-order valence-corrected chi connectivity index (χ2v) is 5.31. The normalized spacial score (nSPS) is 10.5. The number of ketones is 1. The van der Waals surface area contributed by atoms with Crippen LogP contribution in [-0.4, -0.2) is 10.8 Å². The molecule has 0 atom stereocenters. The lowest BCUT2D eigenvalue weighted by Gasteiger charge is -2.00. The summed E-state index contributed by atoms with van der Waals surface area (Å²) in [6.45, 7) is 4.10. The van der Waals surface area contributed by atoms with Gasteiger partial charge < -0.3 is 0 Å². The van der Waals surface area contributed by atoms with Gasteiger partial charge in [0.05, 0.1) is 11.3 Å². The second kappa shape index (κ2) is 5.23. The Morgan fingerprint density at radius 1 is 1.29 bits per heavy atom. The lowest BCUT2D eigenvalue weighted by molar-refractivity contribution is 0.0996. The molecule has 0 fully saturated rings. The van der Waals surface area contributed by atoms with Crippen LogP contribution < -0.4 is 0 Å². The van der Waals surface area contributed by atoms with Crippen molar-refractivity contribution < 1.29 is 4.79 Å². The summed E-state index contributed by atoms with van der Waals surface area (Å²) < 4.78 is 0. The molecule has 2 rings (SSSR count). The molecule has 17 heavy (non-hydrogen) atoms. The number of rotatable bonds is 4. The van der Waals surface area contributed by atoms with Crippen LogP contribution in [0.5, 0.6) is 0 Å². The van der Waals surface area contributed by atoms with Gasteiger partial charge in [-0.05, 0) is 37.1 Å². The van der Waals surface area contributed by atoms with Crippen molar-refractivity contribution in [3.63, 3.8) is 0 Å². The van der Waals surface area contributed by atoms with Crippen LogP contribution >= 0.6 is 11.3 Å². The van der Waals surface area contributed by atoms with Gasteiger partial charge in [0.1, 0.15) is 0 Å². The average Bonchev–Trinajstić information content (AvgIpc) is 2.77. The molecule has 2 aromatic rings. The zero-order valence-corrected chi connectivity index (χ0v) is 10.9. The molecule has 2 heterocycles. The van der Waals surface area contributed by atoms with Crippen molar-refractivity contribution in [2.24, 2.45) is 0 Å². The SMILES string of the molecule is CCc1ccc(CC(=O)c2ccc(C)s2)nc1. The van der Waals surface area contributed by atoms with Gasteiger partial charge >= 0.3 is 0 Å². The molecule has 0 amide bonds. The number of Topliss-reactive ketones (excluding diaryl/α,β-unsaturated/α-hetero) is 1. The van der Waals surface area contributed by atoms with Gasteiger partial charge in [-0.2, -0.15) is 0 Å².